The first-order valence-corrected chi connectivity index (χ1v) is 6.76. The highest BCUT2D eigenvalue weighted by Crippen LogP contribution is 2.22. The Labute approximate surface area is 120 Å². The smallest absolute Gasteiger partial charge is 0.196 e. The van der Waals surface area contributed by atoms with Crippen molar-refractivity contribution in [3.05, 3.63) is 68.4 Å². The largest absolute Gasteiger partial charge is 0.288 e. The van der Waals surface area contributed by atoms with Gasteiger partial charge in [-0.3, -0.25) is 4.79 Å². The lowest BCUT2D eigenvalue weighted by Gasteiger charge is -2.09. The predicted molar refractivity (Wildman–Crippen MR) is 78.2 cm³/mol. The minimum Gasteiger partial charge on any atom is -0.288 e. The number of hydrogen-bond donors (Lipinski definition) is 0. The van der Waals surface area contributed by atoms with E-state index < -0.39 is 5.82 Å². The number of ketones is 1. The summed E-state index contributed by atoms with van der Waals surface area (Å²) in [5.74, 6) is -0.737. The maximum absolute atomic E-state index is 14.0. The summed E-state index contributed by atoms with van der Waals surface area (Å²) in [7, 11) is 0. The maximum Gasteiger partial charge on any atom is 0.196 e. The molecular weight excluding hydrogens is 307 g/mol. The molecule has 0 unspecified atom stereocenters. The van der Waals surface area contributed by atoms with Gasteiger partial charge in [-0.25, -0.2) is 4.39 Å². The normalized spacial score (nSPS) is 10.6. The van der Waals surface area contributed by atoms with Crippen molar-refractivity contribution in [2.24, 2.45) is 0 Å². The summed E-state index contributed by atoms with van der Waals surface area (Å²) in [5.41, 5.74) is 3.10. The van der Waals surface area contributed by atoms with Crippen LogP contribution in [-0.2, 0) is 0 Å². The molecule has 0 amide bonds. The Balaban J connectivity index is 2.56. The zero-order chi connectivity index (χ0) is 14.2. The number of halogens is 2. The fraction of sp³-hybridized carbons (Fsp3) is 0.188. The molecule has 0 fully saturated rings. The highest BCUT2D eigenvalue weighted by molar-refractivity contribution is 9.10. The highest BCUT2D eigenvalue weighted by Gasteiger charge is 2.17. The van der Waals surface area contributed by atoms with Crippen LogP contribution in [-0.4, -0.2) is 5.78 Å². The minimum atomic E-state index is -0.458. The topological polar surface area (TPSA) is 17.1 Å². The summed E-state index contributed by atoms with van der Waals surface area (Å²) in [6.45, 7) is 5.47. The van der Waals surface area contributed by atoms with E-state index in [1.807, 2.05) is 26.0 Å². The van der Waals surface area contributed by atoms with Crippen LogP contribution >= 0.6 is 15.9 Å². The minimum absolute atomic E-state index is 0.156. The molecule has 0 saturated heterocycles. The van der Waals surface area contributed by atoms with Crippen LogP contribution < -0.4 is 0 Å². The molecule has 0 spiro atoms. The van der Waals surface area contributed by atoms with Crippen molar-refractivity contribution >= 4 is 21.7 Å². The molecule has 0 bridgehead atoms. The van der Waals surface area contributed by atoms with Crippen LogP contribution in [0.4, 0.5) is 4.39 Å². The van der Waals surface area contributed by atoms with Crippen LogP contribution in [0.5, 0.6) is 0 Å². The highest BCUT2D eigenvalue weighted by atomic mass is 79.9. The average molecular weight is 321 g/mol. The van der Waals surface area contributed by atoms with Crippen molar-refractivity contribution in [3.63, 3.8) is 0 Å². The van der Waals surface area contributed by atoms with Crippen molar-refractivity contribution < 1.29 is 9.18 Å². The van der Waals surface area contributed by atoms with E-state index >= 15 is 0 Å². The molecular formula is C16H14BrFO. The van der Waals surface area contributed by atoms with Gasteiger partial charge in [0.25, 0.3) is 0 Å². The second-order valence-corrected chi connectivity index (χ2v) is 5.70. The van der Waals surface area contributed by atoms with Crippen LogP contribution in [0.2, 0.25) is 0 Å². The zero-order valence-electron chi connectivity index (χ0n) is 11.1. The quantitative estimate of drug-likeness (QED) is 0.730. The number of benzene rings is 2. The fourth-order valence-corrected chi connectivity index (χ4v) is 2.82. The van der Waals surface area contributed by atoms with Crippen molar-refractivity contribution in [1.82, 2.24) is 0 Å². The van der Waals surface area contributed by atoms with Crippen LogP contribution in [0.15, 0.2) is 34.8 Å². The summed E-state index contributed by atoms with van der Waals surface area (Å²) in [4.78, 5) is 12.4. The third kappa shape index (κ3) is 2.92. The lowest BCUT2D eigenvalue weighted by molar-refractivity contribution is 0.103. The number of hydrogen-bond acceptors (Lipinski definition) is 1. The van der Waals surface area contributed by atoms with Gasteiger partial charge in [-0.1, -0.05) is 22.0 Å². The second-order valence-electron chi connectivity index (χ2n) is 4.79. The second kappa shape index (κ2) is 5.25. The third-order valence-corrected chi connectivity index (χ3v) is 3.42. The van der Waals surface area contributed by atoms with Crippen LogP contribution in [0.1, 0.15) is 32.6 Å². The Kier molecular flexibility index (Phi) is 3.85. The molecule has 0 aliphatic heterocycles. The molecule has 0 radical (unpaired) electrons. The molecule has 19 heavy (non-hydrogen) atoms. The van der Waals surface area contributed by atoms with Gasteiger partial charge in [-0.15, -0.1) is 0 Å². The summed E-state index contributed by atoms with van der Waals surface area (Å²) in [5, 5.41) is 0. The Morgan fingerprint density at radius 3 is 2.21 bits per heavy atom. The Bertz CT molecular complexity index is 619. The van der Waals surface area contributed by atoms with E-state index in [9.17, 15) is 9.18 Å². The van der Waals surface area contributed by atoms with E-state index in [0.717, 1.165) is 15.6 Å². The van der Waals surface area contributed by atoms with Crippen molar-refractivity contribution in [2.45, 2.75) is 20.8 Å². The van der Waals surface area contributed by atoms with Gasteiger partial charge in [0.1, 0.15) is 5.82 Å². The number of aryl methyl sites for hydroxylation is 3. The first-order valence-electron chi connectivity index (χ1n) is 5.97. The molecule has 2 aromatic rings. The Morgan fingerprint density at radius 1 is 1.00 bits per heavy atom. The van der Waals surface area contributed by atoms with Crippen molar-refractivity contribution in [3.8, 4) is 0 Å². The number of rotatable bonds is 2. The SMILES string of the molecule is Cc1cc(Br)cc(C(=O)c2c(C)cc(C)cc2F)c1. The van der Waals surface area contributed by atoms with Gasteiger partial charge in [0.15, 0.2) is 5.78 Å². The van der Waals surface area contributed by atoms with Gasteiger partial charge in [-0.05, 0) is 61.7 Å². The molecule has 0 heterocycles. The van der Waals surface area contributed by atoms with Gasteiger partial charge < -0.3 is 0 Å². The molecule has 2 aromatic carbocycles. The predicted octanol–water partition coefficient (Wildman–Crippen LogP) is 4.74. The zero-order valence-corrected chi connectivity index (χ0v) is 12.6. The lowest BCUT2D eigenvalue weighted by Crippen LogP contribution is -2.07. The molecule has 0 saturated carbocycles. The van der Waals surface area contributed by atoms with Crippen LogP contribution in [0.3, 0.4) is 0 Å². The number of carbonyl (C=O) groups is 1. The van der Waals surface area contributed by atoms with E-state index in [-0.39, 0.29) is 11.3 Å². The Morgan fingerprint density at radius 2 is 1.63 bits per heavy atom. The molecule has 2 rings (SSSR count). The standard InChI is InChI=1S/C16H14BrFO/c1-9-4-11(3)15(14(18)7-9)16(19)12-5-10(2)6-13(17)8-12/h4-8H,1-3H3. The molecule has 0 aliphatic carbocycles. The third-order valence-electron chi connectivity index (χ3n) is 2.96. The maximum atomic E-state index is 14.0. The monoisotopic (exact) mass is 320 g/mol. The molecule has 0 aliphatic rings. The summed E-state index contributed by atoms with van der Waals surface area (Å²) >= 11 is 3.36. The van der Waals surface area contributed by atoms with Gasteiger partial charge in [0.05, 0.1) is 5.56 Å². The first kappa shape index (κ1) is 13.9. The van der Waals surface area contributed by atoms with E-state index in [4.69, 9.17) is 0 Å². The van der Waals surface area contributed by atoms with Crippen molar-refractivity contribution in [1.29, 1.82) is 0 Å². The van der Waals surface area contributed by atoms with Crippen LogP contribution in [0.25, 0.3) is 0 Å². The molecule has 1 nitrogen and oxygen atoms in total. The summed E-state index contributed by atoms with van der Waals surface area (Å²) in [6.07, 6.45) is 0. The van der Waals surface area contributed by atoms with Gasteiger partial charge in [0.2, 0.25) is 0 Å². The summed E-state index contributed by atoms with van der Waals surface area (Å²) in [6, 6.07) is 8.61. The number of carbonyl (C=O) groups excluding carboxylic acids is 1. The van der Waals surface area contributed by atoms with E-state index in [1.54, 1.807) is 19.1 Å². The molecule has 98 valence electrons. The van der Waals surface area contributed by atoms with E-state index in [0.29, 0.717) is 11.1 Å². The lowest BCUT2D eigenvalue weighted by atomic mass is 9.96. The summed E-state index contributed by atoms with van der Waals surface area (Å²) < 4.78 is 14.8. The van der Waals surface area contributed by atoms with E-state index in [1.165, 1.54) is 6.07 Å². The van der Waals surface area contributed by atoms with Gasteiger partial charge in [0, 0.05) is 10.0 Å². The van der Waals surface area contributed by atoms with Gasteiger partial charge in [-0.2, -0.15) is 0 Å². The first-order chi connectivity index (χ1) is 8.88. The average Bonchev–Trinajstić information content (AvgIpc) is 2.25. The molecule has 3 heteroatoms. The molecule has 0 N–H and O–H groups in total. The van der Waals surface area contributed by atoms with Crippen molar-refractivity contribution in [2.75, 3.05) is 0 Å². The fourth-order valence-electron chi connectivity index (χ4n) is 2.22. The molecule has 0 aromatic heterocycles. The molecule has 0 atom stereocenters. The van der Waals surface area contributed by atoms with Gasteiger partial charge >= 0.3 is 0 Å². The van der Waals surface area contributed by atoms with E-state index in [2.05, 4.69) is 15.9 Å². The van der Waals surface area contributed by atoms with Crippen LogP contribution in [0, 0.1) is 26.6 Å². The Hall–Kier alpha value is -1.48.